The van der Waals surface area contributed by atoms with E-state index in [4.69, 9.17) is 0 Å². The van der Waals surface area contributed by atoms with Crippen LogP contribution in [0.4, 0.5) is 0 Å². The summed E-state index contributed by atoms with van der Waals surface area (Å²) in [6.45, 7) is 7.41. The number of carbonyl (C=O) groups is 1. The molecule has 0 amide bonds. The number of hydrogen-bond acceptors (Lipinski definition) is 1. The lowest BCUT2D eigenvalue weighted by atomic mass is 9.97. The van der Waals surface area contributed by atoms with Gasteiger partial charge < -0.3 is 4.98 Å². The molecule has 3 heteroatoms. The summed E-state index contributed by atoms with van der Waals surface area (Å²) in [5, 5.41) is 5.30. The summed E-state index contributed by atoms with van der Waals surface area (Å²) in [4.78, 5) is 15.1. The number of carbonyl (C=O) groups excluding carboxylic acids is 1. The number of nitrogens with zero attached hydrogens (tertiary/aromatic N) is 1. The average Bonchev–Trinajstić information content (AvgIpc) is 3.11. The van der Waals surface area contributed by atoms with Crippen molar-refractivity contribution in [3.05, 3.63) is 53.9 Å². The van der Waals surface area contributed by atoms with Crippen LogP contribution in [0.15, 0.2) is 42.7 Å². The van der Waals surface area contributed by atoms with Crippen LogP contribution in [0, 0.1) is 13.8 Å². The molecule has 0 saturated carbocycles. The first-order valence-electron chi connectivity index (χ1n) is 10.4. The topological polar surface area (TPSA) is 36.7 Å². The van der Waals surface area contributed by atoms with Crippen LogP contribution in [0.25, 0.3) is 32.6 Å². The molecular formula is C25H29N2O+. The summed E-state index contributed by atoms with van der Waals surface area (Å²) in [6.07, 6.45) is 9.12. The van der Waals surface area contributed by atoms with Crippen LogP contribution in [0.1, 0.15) is 50.2 Å². The predicted molar refractivity (Wildman–Crippen MR) is 117 cm³/mol. The number of hydrogen-bond donors (Lipinski definition) is 1. The molecule has 28 heavy (non-hydrogen) atoms. The average molecular weight is 374 g/mol. The van der Waals surface area contributed by atoms with Gasteiger partial charge in [0.25, 0.3) is 0 Å². The van der Waals surface area contributed by atoms with Gasteiger partial charge in [-0.05, 0) is 49.3 Å². The summed E-state index contributed by atoms with van der Waals surface area (Å²) in [5.41, 5.74) is 5.12. The van der Waals surface area contributed by atoms with E-state index in [1.165, 1.54) is 43.7 Å². The summed E-state index contributed by atoms with van der Waals surface area (Å²) in [7, 11) is 0. The minimum absolute atomic E-state index is 0.382. The number of pyridine rings is 1. The van der Waals surface area contributed by atoms with Gasteiger partial charge in [0.1, 0.15) is 12.3 Å². The van der Waals surface area contributed by atoms with Crippen molar-refractivity contribution < 1.29 is 9.36 Å². The fourth-order valence-corrected chi connectivity index (χ4v) is 4.36. The molecule has 0 spiro atoms. The molecule has 4 aromatic rings. The van der Waals surface area contributed by atoms with Crippen LogP contribution < -0.4 is 4.57 Å². The highest BCUT2D eigenvalue weighted by molar-refractivity contribution is 6.16. The standard InChI is InChI=1S/C25H28N2O/c1-4-19(28)10-6-5-9-14-27-15-13-20-18(3)25-24(17(2)22(20)16-27)21-11-7-8-12-23(21)26-25/h7-8,11-13,15-16H,4-6,9-10,14H2,1-3H3/p+1. The van der Waals surface area contributed by atoms with Gasteiger partial charge in [-0.3, -0.25) is 4.79 Å². The highest BCUT2D eigenvalue weighted by Gasteiger charge is 2.16. The molecule has 2 aromatic heterocycles. The maximum Gasteiger partial charge on any atom is 0.176 e. The van der Waals surface area contributed by atoms with Gasteiger partial charge in [-0.15, -0.1) is 0 Å². The molecule has 0 fully saturated rings. The summed E-state index contributed by atoms with van der Waals surface area (Å²) >= 11 is 0. The Morgan fingerprint density at radius 2 is 1.79 bits per heavy atom. The van der Waals surface area contributed by atoms with Crippen molar-refractivity contribution in [2.45, 2.75) is 59.4 Å². The summed E-state index contributed by atoms with van der Waals surface area (Å²) < 4.78 is 2.30. The number of aromatic nitrogens is 2. The van der Waals surface area contributed by atoms with Crippen molar-refractivity contribution in [2.24, 2.45) is 0 Å². The Kier molecular flexibility index (Phi) is 5.17. The molecule has 0 atom stereocenters. The Bertz CT molecular complexity index is 1170. The van der Waals surface area contributed by atoms with Crippen molar-refractivity contribution in [3.8, 4) is 0 Å². The Morgan fingerprint density at radius 3 is 2.61 bits per heavy atom. The van der Waals surface area contributed by atoms with E-state index in [0.29, 0.717) is 12.2 Å². The second-order valence-corrected chi connectivity index (χ2v) is 7.88. The minimum Gasteiger partial charge on any atom is -0.354 e. The molecule has 3 nitrogen and oxygen atoms in total. The highest BCUT2D eigenvalue weighted by Crippen LogP contribution is 2.35. The molecule has 2 heterocycles. The van der Waals surface area contributed by atoms with Crippen LogP contribution in [0.3, 0.4) is 0 Å². The number of aromatic amines is 1. The van der Waals surface area contributed by atoms with E-state index in [1.807, 2.05) is 6.92 Å². The third kappa shape index (κ3) is 3.30. The Morgan fingerprint density at radius 1 is 0.964 bits per heavy atom. The maximum atomic E-state index is 11.4. The van der Waals surface area contributed by atoms with Crippen molar-refractivity contribution in [2.75, 3.05) is 0 Å². The molecular weight excluding hydrogens is 344 g/mol. The number of rotatable bonds is 7. The smallest absolute Gasteiger partial charge is 0.176 e. The van der Waals surface area contributed by atoms with Crippen LogP contribution in [0.5, 0.6) is 0 Å². The molecule has 1 N–H and O–H groups in total. The Hall–Kier alpha value is -2.68. The van der Waals surface area contributed by atoms with Gasteiger partial charge in [-0.25, -0.2) is 4.57 Å². The third-order valence-corrected chi connectivity index (χ3v) is 6.05. The zero-order chi connectivity index (χ0) is 19.7. The fourth-order valence-electron chi connectivity index (χ4n) is 4.36. The predicted octanol–water partition coefficient (Wildman–Crippen LogP) is 5.92. The van der Waals surface area contributed by atoms with Gasteiger partial charge in [-0.1, -0.05) is 25.1 Å². The van der Waals surface area contributed by atoms with Gasteiger partial charge >= 0.3 is 0 Å². The maximum absolute atomic E-state index is 11.4. The number of nitrogens with one attached hydrogen (secondary N) is 1. The number of aryl methyl sites for hydroxylation is 3. The van der Waals surface area contributed by atoms with Crippen molar-refractivity contribution >= 4 is 38.4 Å². The largest absolute Gasteiger partial charge is 0.354 e. The molecule has 0 radical (unpaired) electrons. The van der Waals surface area contributed by atoms with Gasteiger partial charge in [0.15, 0.2) is 12.4 Å². The first-order chi connectivity index (χ1) is 13.6. The molecule has 0 aliphatic rings. The first-order valence-corrected chi connectivity index (χ1v) is 10.4. The van der Waals surface area contributed by atoms with Crippen LogP contribution in [-0.4, -0.2) is 10.8 Å². The van der Waals surface area contributed by atoms with E-state index in [1.54, 1.807) is 0 Å². The van der Waals surface area contributed by atoms with Crippen LogP contribution in [0.2, 0.25) is 0 Å². The molecule has 4 rings (SSSR count). The number of fused-ring (bicyclic) bond motifs is 4. The quantitative estimate of drug-likeness (QED) is 0.317. The van der Waals surface area contributed by atoms with Crippen molar-refractivity contribution in [1.29, 1.82) is 0 Å². The van der Waals surface area contributed by atoms with Crippen molar-refractivity contribution in [1.82, 2.24) is 4.98 Å². The van der Waals surface area contributed by atoms with E-state index < -0.39 is 0 Å². The third-order valence-electron chi connectivity index (χ3n) is 6.05. The minimum atomic E-state index is 0.382. The molecule has 0 aliphatic heterocycles. The number of H-pyrrole nitrogens is 1. The number of ketones is 1. The molecule has 0 aliphatic carbocycles. The zero-order valence-electron chi connectivity index (χ0n) is 17.1. The lowest BCUT2D eigenvalue weighted by Crippen LogP contribution is -2.32. The second kappa shape index (κ2) is 7.75. The van der Waals surface area contributed by atoms with Gasteiger partial charge in [-0.2, -0.15) is 0 Å². The second-order valence-electron chi connectivity index (χ2n) is 7.88. The molecule has 0 bridgehead atoms. The molecule has 0 saturated heterocycles. The summed E-state index contributed by atoms with van der Waals surface area (Å²) in [6, 6.07) is 10.8. The van der Waals surface area contributed by atoms with Gasteiger partial charge in [0.2, 0.25) is 0 Å². The van der Waals surface area contributed by atoms with Crippen LogP contribution >= 0.6 is 0 Å². The van der Waals surface area contributed by atoms with E-state index in [-0.39, 0.29) is 0 Å². The van der Waals surface area contributed by atoms with Gasteiger partial charge in [0, 0.05) is 47.0 Å². The van der Waals surface area contributed by atoms with Crippen molar-refractivity contribution in [3.63, 3.8) is 0 Å². The molecule has 2 aromatic carbocycles. The van der Waals surface area contributed by atoms with E-state index in [2.05, 4.69) is 66.1 Å². The lowest BCUT2D eigenvalue weighted by Gasteiger charge is -2.08. The fraction of sp³-hybridized carbons (Fsp3) is 0.360. The number of Topliss-reactive ketones (excluding diaryl/α,β-unsaturated/α-hetero) is 1. The highest BCUT2D eigenvalue weighted by atomic mass is 16.1. The zero-order valence-corrected chi connectivity index (χ0v) is 17.1. The normalized spacial score (nSPS) is 11.7. The SMILES string of the molecule is CCC(=O)CCCCC[n+]1ccc2c(C)c3[nH]c4ccccc4c3c(C)c2c1. The van der Waals surface area contributed by atoms with E-state index in [0.717, 1.165) is 32.2 Å². The monoisotopic (exact) mass is 373 g/mol. The van der Waals surface area contributed by atoms with Crippen LogP contribution in [-0.2, 0) is 11.3 Å². The van der Waals surface area contributed by atoms with E-state index >= 15 is 0 Å². The molecule has 144 valence electrons. The Balaban J connectivity index is 1.65. The number of unbranched alkanes of at least 4 members (excludes halogenated alkanes) is 2. The first kappa shape index (κ1) is 18.7. The number of para-hydroxylation sites is 1. The van der Waals surface area contributed by atoms with E-state index in [9.17, 15) is 4.79 Å². The lowest BCUT2D eigenvalue weighted by molar-refractivity contribution is -0.696. The number of benzene rings is 2. The molecule has 0 unspecified atom stereocenters. The summed E-state index contributed by atoms with van der Waals surface area (Å²) in [5.74, 6) is 0.382. The van der Waals surface area contributed by atoms with Gasteiger partial charge in [0.05, 0.1) is 5.52 Å². The Labute approximate surface area is 166 Å².